The molecule has 3 N–H and O–H groups in total. The van der Waals surface area contributed by atoms with E-state index in [4.69, 9.17) is 0 Å². The first kappa shape index (κ1) is 33.8. The molecule has 9 nitrogen and oxygen atoms in total. The number of halogens is 1. The molecule has 48 heavy (non-hydrogen) atoms. The second-order valence-corrected chi connectivity index (χ2v) is 12.7. The number of non-ortho nitro benzene ring substituents is 1. The highest BCUT2D eigenvalue weighted by molar-refractivity contribution is 9.10. The highest BCUT2D eigenvalue weighted by Crippen LogP contribution is 2.37. The first-order valence-electron chi connectivity index (χ1n) is 14.7. The van der Waals surface area contributed by atoms with Gasteiger partial charge in [-0.1, -0.05) is 76.6 Å². The lowest BCUT2D eigenvalue weighted by Gasteiger charge is -2.18. The third kappa shape index (κ3) is 9.05. The van der Waals surface area contributed by atoms with Crippen molar-refractivity contribution in [2.45, 2.75) is 17.1 Å². The van der Waals surface area contributed by atoms with Crippen LogP contribution in [0.15, 0.2) is 142 Å². The van der Waals surface area contributed by atoms with Crippen molar-refractivity contribution in [3.63, 3.8) is 0 Å². The minimum Gasteiger partial charge on any atom is -0.325 e. The van der Waals surface area contributed by atoms with Crippen molar-refractivity contribution in [3.05, 3.63) is 170 Å². The summed E-state index contributed by atoms with van der Waals surface area (Å²) < 4.78 is 0.880. The van der Waals surface area contributed by atoms with Crippen LogP contribution in [-0.4, -0.2) is 22.6 Å². The summed E-state index contributed by atoms with van der Waals surface area (Å²) in [4.78, 5) is 51.4. The lowest BCUT2D eigenvalue weighted by atomic mass is 10.1. The summed E-state index contributed by atoms with van der Waals surface area (Å²) in [7, 11) is 0. The summed E-state index contributed by atoms with van der Waals surface area (Å²) in [6.45, 7) is 1.70. The Kier molecular flexibility index (Phi) is 11.2. The van der Waals surface area contributed by atoms with Crippen LogP contribution in [0.25, 0.3) is 6.08 Å². The molecular weight excluding hydrogens is 692 g/mol. The van der Waals surface area contributed by atoms with E-state index in [1.165, 1.54) is 30.0 Å². The van der Waals surface area contributed by atoms with Gasteiger partial charge in [0.15, 0.2) is 0 Å². The molecule has 0 radical (unpaired) electrons. The normalized spacial score (nSPS) is 11.7. The number of nitrogens with one attached hydrogen (secondary N) is 3. The van der Waals surface area contributed by atoms with Crippen LogP contribution in [0, 0.1) is 17.0 Å². The number of aryl methyl sites for hydroxylation is 1. The molecule has 1 atom stereocenters. The van der Waals surface area contributed by atoms with Gasteiger partial charge in [-0.25, -0.2) is 0 Å². The summed E-state index contributed by atoms with van der Waals surface area (Å²) in [5.41, 5.74) is 3.45. The molecule has 0 heterocycles. The molecule has 5 rings (SSSR count). The summed E-state index contributed by atoms with van der Waals surface area (Å²) in [6, 6.07) is 36.5. The maximum atomic E-state index is 13.6. The number of nitrogens with zero attached hydrogens (tertiary/aromatic N) is 1. The molecule has 0 saturated heterocycles. The second kappa shape index (κ2) is 15.9. The van der Waals surface area contributed by atoms with Crippen LogP contribution in [0.5, 0.6) is 0 Å². The van der Waals surface area contributed by atoms with Gasteiger partial charge in [-0.15, -0.1) is 11.8 Å². The Balaban J connectivity index is 1.33. The Morgan fingerprint density at radius 2 is 1.46 bits per heavy atom. The lowest BCUT2D eigenvalue weighted by Crippen LogP contribution is -2.30. The van der Waals surface area contributed by atoms with E-state index in [1.807, 2.05) is 54.6 Å². The topological polar surface area (TPSA) is 130 Å². The monoisotopic (exact) mass is 720 g/mol. The Hall–Kier alpha value is -5.52. The number of thioether (sulfide) groups is 1. The van der Waals surface area contributed by atoms with Crippen molar-refractivity contribution in [3.8, 4) is 0 Å². The van der Waals surface area contributed by atoms with Gasteiger partial charge in [0, 0.05) is 38.4 Å². The first-order chi connectivity index (χ1) is 23.2. The average Bonchev–Trinajstić information content (AvgIpc) is 3.10. The van der Waals surface area contributed by atoms with Gasteiger partial charge >= 0.3 is 0 Å². The molecule has 0 spiro atoms. The van der Waals surface area contributed by atoms with Gasteiger partial charge in [-0.05, 0) is 84.3 Å². The number of nitro groups is 1. The molecule has 0 aromatic heterocycles. The quantitative estimate of drug-likeness (QED) is 0.0543. The van der Waals surface area contributed by atoms with Crippen LogP contribution >= 0.6 is 27.7 Å². The van der Waals surface area contributed by atoms with Gasteiger partial charge in [0.1, 0.15) is 10.9 Å². The van der Waals surface area contributed by atoms with Crippen LogP contribution in [0.2, 0.25) is 0 Å². The molecule has 0 saturated carbocycles. The fourth-order valence-electron chi connectivity index (χ4n) is 4.62. The van der Waals surface area contributed by atoms with Crippen molar-refractivity contribution in [1.82, 2.24) is 5.32 Å². The number of anilines is 2. The van der Waals surface area contributed by atoms with Crippen molar-refractivity contribution >= 4 is 68.6 Å². The first-order valence-corrected chi connectivity index (χ1v) is 16.4. The number of rotatable bonds is 11. The number of hydrogen-bond acceptors (Lipinski definition) is 6. The average molecular weight is 722 g/mol. The highest BCUT2D eigenvalue weighted by atomic mass is 79.9. The van der Waals surface area contributed by atoms with Gasteiger partial charge in [0.25, 0.3) is 17.5 Å². The van der Waals surface area contributed by atoms with Gasteiger partial charge in [-0.3, -0.25) is 24.5 Å². The maximum Gasteiger partial charge on any atom is 0.272 e. The van der Waals surface area contributed by atoms with Gasteiger partial charge in [0.05, 0.1) is 4.92 Å². The maximum absolute atomic E-state index is 13.6. The third-order valence-corrected chi connectivity index (χ3v) is 8.89. The highest BCUT2D eigenvalue weighted by Gasteiger charge is 2.23. The Bertz CT molecular complexity index is 1970. The minimum absolute atomic E-state index is 0.0545. The molecule has 11 heteroatoms. The molecule has 0 bridgehead atoms. The molecule has 5 aromatic rings. The van der Waals surface area contributed by atoms with Crippen LogP contribution in [0.1, 0.15) is 32.3 Å². The third-order valence-electron chi connectivity index (χ3n) is 7.10. The number of carbonyl (C=O) groups is 3. The van der Waals surface area contributed by atoms with Crippen molar-refractivity contribution < 1.29 is 19.3 Å². The van der Waals surface area contributed by atoms with Gasteiger partial charge in [0.2, 0.25) is 5.91 Å². The van der Waals surface area contributed by atoms with Crippen LogP contribution in [0.3, 0.4) is 0 Å². The van der Waals surface area contributed by atoms with E-state index in [0.717, 1.165) is 20.5 Å². The largest absolute Gasteiger partial charge is 0.325 e. The van der Waals surface area contributed by atoms with Crippen LogP contribution in [-0.2, 0) is 9.59 Å². The predicted molar refractivity (Wildman–Crippen MR) is 193 cm³/mol. The number of amides is 3. The lowest BCUT2D eigenvalue weighted by molar-refractivity contribution is -0.384. The molecule has 240 valence electrons. The molecule has 0 aliphatic carbocycles. The van der Waals surface area contributed by atoms with Gasteiger partial charge < -0.3 is 16.0 Å². The van der Waals surface area contributed by atoms with E-state index in [9.17, 15) is 24.5 Å². The van der Waals surface area contributed by atoms with Crippen molar-refractivity contribution in [1.29, 1.82) is 0 Å². The van der Waals surface area contributed by atoms with Crippen LogP contribution < -0.4 is 16.0 Å². The van der Waals surface area contributed by atoms with Gasteiger partial charge in [-0.2, -0.15) is 0 Å². The molecule has 5 aromatic carbocycles. The fourth-order valence-corrected chi connectivity index (χ4v) is 5.91. The minimum atomic E-state index is -0.644. The molecule has 0 aliphatic rings. The summed E-state index contributed by atoms with van der Waals surface area (Å²) in [5.74, 6) is -1.23. The molecule has 1 unspecified atom stereocenters. The van der Waals surface area contributed by atoms with E-state index in [2.05, 4.69) is 31.9 Å². The number of benzene rings is 5. The van der Waals surface area contributed by atoms with E-state index >= 15 is 0 Å². The molecule has 3 amide bonds. The predicted octanol–water partition coefficient (Wildman–Crippen LogP) is 8.55. The number of hydrogen-bond donors (Lipinski definition) is 3. The molecule has 0 aliphatic heterocycles. The summed E-state index contributed by atoms with van der Waals surface area (Å²) in [5, 5.41) is 19.0. The zero-order valence-electron chi connectivity index (χ0n) is 25.6. The van der Waals surface area contributed by atoms with Crippen LogP contribution in [0.4, 0.5) is 17.1 Å². The Morgan fingerprint density at radius 3 is 2.08 bits per heavy atom. The smallest absolute Gasteiger partial charge is 0.272 e. The van der Waals surface area contributed by atoms with Crippen molar-refractivity contribution in [2.24, 2.45) is 0 Å². The SMILES string of the molecule is Cc1cc([N+](=O)[O-])ccc1NC(=O)C(Sc1ccc(NC(=O)/C(=C/c2ccc(Br)cc2)NC(=O)c2ccccc2)cc1)c1ccccc1. The fraction of sp³-hybridized carbons (Fsp3) is 0.0541. The summed E-state index contributed by atoms with van der Waals surface area (Å²) >= 11 is 4.73. The summed E-state index contributed by atoms with van der Waals surface area (Å²) in [6.07, 6.45) is 1.60. The van der Waals surface area contributed by atoms with E-state index < -0.39 is 22.0 Å². The van der Waals surface area contributed by atoms with E-state index in [0.29, 0.717) is 22.5 Å². The standard InChI is InChI=1S/C37H29BrN4O5S/c1-24-22-30(42(46)47)18-21-32(24)40-37(45)34(26-8-4-2-5-9-26)48-31-19-16-29(17-20-31)39-36(44)33(23-25-12-14-28(38)15-13-25)41-35(43)27-10-6-3-7-11-27/h2-23,34H,1H3,(H,39,44)(H,40,45)(H,41,43)/b33-23-. The second-order valence-electron chi connectivity index (χ2n) is 10.6. The number of nitro benzene ring substituents is 1. The zero-order valence-corrected chi connectivity index (χ0v) is 28.0. The van der Waals surface area contributed by atoms with E-state index in [-0.39, 0.29) is 17.3 Å². The Morgan fingerprint density at radius 1 is 0.812 bits per heavy atom. The Labute approximate surface area is 289 Å². The number of carbonyl (C=O) groups excluding carboxylic acids is 3. The zero-order chi connectivity index (χ0) is 34.0. The molecular formula is C37H29BrN4O5S. The van der Waals surface area contributed by atoms with Crippen molar-refractivity contribution in [2.75, 3.05) is 10.6 Å². The van der Waals surface area contributed by atoms with E-state index in [1.54, 1.807) is 67.6 Å². The molecule has 0 fully saturated rings.